The van der Waals surface area contributed by atoms with E-state index >= 15 is 0 Å². The highest BCUT2D eigenvalue weighted by Crippen LogP contribution is 2.27. The van der Waals surface area contributed by atoms with E-state index in [1.165, 1.54) is 0 Å². The molecule has 0 amide bonds. The van der Waals surface area contributed by atoms with Gasteiger partial charge in [0.2, 0.25) is 0 Å². The third-order valence-corrected chi connectivity index (χ3v) is 4.05. The van der Waals surface area contributed by atoms with Crippen molar-refractivity contribution in [1.29, 1.82) is 0 Å². The number of aromatic nitrogens is 4. The standard InChI is InChI=1S/C12H13BrN4O2S/c1-2-6-17-11(10-8(13)4-3-5-14-10)15-16-12(17)20-7-9(18)19/h3-5H,2,6-7H2,1H3,(H,18,19). The third kappa shape index (κ3) is 3.37. The molecule has 0 aliphatic rings. The number of thioether (sulfide) groups is 1. The van der Waals surface area contributed by atoms with Gasteiger partial charge in [-0.1, -0.05) is 18.7 Å². The Labute approximate surface area is 128 Å². The lowest BCUT2D eigenvalue weighted by molar-refractivity contribution is -0.133. The Morgan fingerprint density at radius 3 is 2.95 bits per heavy atom. The van der Waals surface area contributed by atoms with Crippen molar-refractivity contribution in [2.45, 2.75) is 25.0 Å². The van der Waals surface area contributed by atoms with Crippen LogP contribution in [0.2, 0.25) is 0 Å². The van der Waals surface area contributed by atoms with Crippen molar-refractivity contribution in [3.63, 3.8) is 0 Å². The quantitative estimate of drug-likeness (QED) is 0.801. The van der Waals surface area contributed by atoms with Crippen LogP contribution in [-0.2, 0) is 11.3 Å². The van der Waals surface area contributed by atoms with Gasteiger partial charge in [0.15, 0.2) is 11.0 Å². The average Bonchev–Trinajstić information content (AvgIpc) is 2.80. The zero-order valence-corrected chi connectivity index (χ0v) is 13.2. The van der Waals surface area contributed by atoms with Crippen LogP contribution in [0.15, 0.2) is 28.0 Å². The predicted octanol–water partition coefficient (Wildman–Crippen LogP) is 2.69. The van der Waals surface area contributed by atoms with Gasteiger partial charge in [0.25, 0.3) is 0 Å². The number of rotatable bonds is 6. The van der Waals surface area contributed by atoms with Crippen molar-refractivity contribution < 1.29 is 9.90 Å². The Kier molecular flexibility index (Phi) is 5.13. The normalized spacial score (nSPS) is 10.7. The van der Waals surface area contributed by atoms with Gasteiger partial charge in [0.1, 0.15) is 5.69 Å². The number of hydrogen-bond donors (Lipinski definition) is 1. The van der Waals surface area contributed by atoms with E-state index in [1.807, 2.05) is 23.6 Å². The molecule has 0 saturated heterocycles. The van der Waals surface area contributed by atoms with Crippen LogP contribution in [0, 0.1) is 0 Å². The minimum atomic E-state index is -0.874. The fraction of sp³-hybridized carbons (Fsp3) is 0.333. The average molecular weight is 357 g/mol. The van der Waals surface area contributed by atoms with Crippen molar-refractivity contribution in [3.05, 3.63) is 22.8 Å². The maximum atomic E-state index is 10.7. The summed E-state index contributed by atoms with van der Waals surface area (Å²) in [5, 5.41) is 17.6. The van der Waals surface area contributed by atoms with E-state index in [-0.39, 0.29) is 5.75 Å². The molecule has 20 heavy (non-hydrogen) atoms. The molecule has 0 fully saturated rings. The Morgan fingerprint density at radius 1 is 1.50 bits per heavy atom. The second kappa shape index (κ2) is 6.85. The molecule has 2 rings (SSSR count). The lowest BCUT2D eigenvalue weighted by Gasteiger charge is -2.08. The Morgan fingerprint density at radius 2 is 2.30 bits per heavy atom. The molecule has 0 bridgehead atoms. The molecular formula is C12H13BrN4O2S. The summed E-state index contributed by atoms with van der Waals surface area (Å²) in [5.41, 5.74) is 0.704. The fourth-order valence-electron chi connectivity index (χ4n) is 1.67. The summed E-state index contributed by atoms with van der Waals surface area (Å²) in [6.07, 6.45) is 2.59. The molecule has 0 aliphatic heterocycles. The summed E-state index contributed by atoms with van der Waals surface area (Å²) in [6.45, 7) is 2.76. The van der Waals surface area contributed by atoms with Crippen LogP contribution >= 0.6 is 27.7 Å². The maximum Gasteiger partial charge on any atom is 0.313 e. The molecule has 2 aromatic heterocycles. The van der Waals surface area contributed by atoms with Gasteiger partial charge < -0.3 is 9.67 Å². The van der Waals surface area contributed by atoms with E-state index in [2.05, 4.69) is 31.1 Å². The van der Waals surface area contributed by atoms with Crippen molar-refractivity contribution in [2.24, 2.45) is 0 Å². The number of aliphatic carboxylic acids is 1. The molecular weight excluding hydrogens is 344 g/mol. The molecule has 0 unspecified atom stereocenters. The number of halogens is 1. The highest BCUT2D eigenvalue weighted by Gasteiger charge is 2.17. The Bertz CT molecular complexity index is 617. The molecule has 1 N–H and O–H groups in total. The Hall–Kier alpha value is -1.41. The molecule has 0 aliphatic carbocycles. The van der Waals surface area contributed by atoms with Crippen molar-refractivity contribution in [2.75, 3.05) is 5.75 Å². The van der Waals surface area contributed by atoms with E-state index in [0.29, 0.717) is 23.2 Å². The van der Waals surface area contributed by atoms with E-state index in [9.17, 15) is 4.79 Å². The molecule has 8 heteroatoms. The maximum absolute atomic E-state index is 10.7. The number of nitrogens with zero attached hydrogens (tertiary/aromatic N) is 4. The van der Waals surface area contributed by atoms with Crippen molar-refractivity contribution in [1.82, 2.24) is 19.7 Å². The van der Waals surface area contributed by atoms with Crippen LogP contribution in [0.5, 0.6) is 0 Å². The molecule has 0 saturated carbocycles. The van der Waals surface area contributed by atoms with Gasteiger partial charge in [-0.15, -0.1) is 10.2 Å². The molecule has 0 radical (unpaired) electrons. The third-order valence-electron chi connectivity index (χ3n) is 2.46. The summed E-state index contributed by atoms with van der Waals surface area (Å²) in [5.74, 6) is -0.264. The lowest BCUT2D eigenvalue weighted by Crippen LogP contribution is -2.05. The van der Waals surface area contributed by atoms with Gasteiger partial charge in [-0.3, -0.25) is 9.78 Å². The number of carboxylic acid groups (broad SMARTS) is 1. The van der Waals surface area contributed by atoms with Gasteiger partial charge >= 0.3 is 5.97 Å². The van der Waals surface area contributed by atoms with E-state index < -0.39 is 5.97 Å². The summed E-state index contributed by atoms with van der Waals surface area (Å²) >= 11 is 4.61. The molecule has 106 valence electrons. The van der Waals surface area contributed by atoms with Crippen LogP contribution in [0.3, 0.4) is 0 Å². The van der Waals surface area contributed by atoms with Crippen LogP contribution < -0.4 is 0 Å². The second-order valence-corrected chi connectivity index (χ2v) is 5.77. The first-order valence-electron chi connectivity index (χ1n) is 6.02. The van der Waals surface area contributed by atoms with Crippen LogP contribution in [0.25, 0.3) is 11.5 Å². The summed E-state index contributed by atoms with van der Waals surface area (Å²) in [6, 6.07) is 3.71. The number of carboxylic acids is 1. The SMILES string of the molecule is CCCn1c(SCC(=O)O)nnc1-c1ncccc1Br. The fourth-order valence-corrected chi connectivity index (χ4v) is 2.79. The van der Waals surface area contributed by atoms with Gasteiger partial charge in [0, 0.05) is 17.2 Å². The van der Waals surface area contributed by atoms with E-state index in [1.54, 1.807) is 6.20 Å². The Balaban J connectivity index is 2.38. The minimum Gasteiger partial charge on any atom is -0.481 e. The molecule has 0 spiro atoms. The molecule has 0 aromatic carbocycles. The van der Waals surface area contributed by atoms with Crippen LogP contribution in [0.1, 0.15) is 13.3 Å². The number of hydrogen-bond acceptors (Lipinski definition) is 5. The largest absolute Gasteiger partial charge is 0.481 e. The monoisotopic (exact) mass is 356 g/mol. The molecule has 6 nitrogen and oxygen atoms in total. The van der Waals surface area contributed by atoms with Crippen molar-refractivity contribution >= 4 is 33.7 Å². The number of carbonyl (C=O) groups is 1. The summed E-state index contributed by atoms with van der Waals surface area (Å²) in [4.78, 5) is 15.0. The highest BCUT2D eigenvalue weighted by molar-refractivity contribution is 9.10. The number of pyridine rings is 1. The first kappa shape index (κ1) is 15.0. The van der Waals surface area contributed by atoms with Gasteiger partial charge in [-0.25, -0.2) is 0 Å². The van der Waals surface area contributed by atoms with E-state index in [4.69, 9.17) is 5.11 Å². The van der Waals surface area contributed by atoms with Gasteiger partial charge in [-0.05, 0) is 34.5 Å². The summed E-state index contributed by atoms with van der Waals surface area (Å²) < 4.78 is 2.74. The molecule has 2 heterocycles. The van der Waals surface area contributed by atoms with Crippen molar-refractivity contribution in [3.8, 4) is 11.5 Å². The zero-order valence-electron chi connectivity index (χ0n) is 10.8. The van der Waals surface area contributed by atoms with Gasteiger partial charge in [0.05, 0.1) is 5.75 Å². The van der Waals surface area contributed by atoms with Crippen LogP contribution in [-0.4, -0.2) is 36.6 Å². The zero-order chi connectivity index (χ0) is 14.5. The topological polar surface area (TPSA) is 80.9 Å². The first-order chi connectivity index (χ1) is 9.63. The molecule has 2 aromatic rings. The molecule has 0 atom stereocenters. The van der Waals surface area contributed by atoms with E-state index in [0.717, 1.165) is 22.7 Å². The highest BCUT2D eigenvalue weighted by atomic mass is 79.9. The minimum absolute atomic E-state index is 0.0365. The first-order valence-corrected chi connectivity index (χ1v) is 7.80. The smallest absolute Gasteiger partial charge is 0.313 e. The second-order valence-electron chi connectivity index (χ2n) is 3.97. The van der Waals surface area contributed by atoms with Crippen LogP contribution in [0.4, 0.5) is 0 Å². The van der Waals surface area contributed by atoms with Gasteiger partial charge in [-0.2, -0.15) is 0 Å². The lowest BCUT2D eigenvalue weighted by atomic mass is 10.3. The summed E-state index contributed by atoms with van der Waals surface area (Å²) in [7, 11) is 0. The predicted molar refractivity (Wildman–Crippen MR) is 79.6 cm³/mol.